The highest BCUT2D eigenvalue weighted by Crippen LogP contribution is 2.28. The van der Waals surface area contributed by atoms with Gasteiger partial charge < -0.3 is 24.8 Å². The lowest BCUT2D eigenvalue weighted by atomic mass is 9.83. The average Bonchev–Trinajstić information content (AvgIpc) is 3.52. The highest BCUT2D eigenvalue weighted by Gasteiger charge is 2.31. The van der Waals surface area contributed by atoms with Crippen molar-refractivity contribution in [3.63, 3.8) is 0 Å². The Morgan fingerprint density at radius 1 is 0.941 bits per heavy atom. The topological polar surface area (TPSA) is 114 Å². The molecule has 8 heteroatoms. The van der Waals surface area contributed by atoms with Crippen molar-refractivity contribution in [2.24, 2.45) is 5.92 Å². The molecule has 0 aliphatic heterocycles. The van der Waals surface area contributed by atoms with Crippen LogP contribution in [0.1, 0.15) is 58.8 Å². The van der Waals surface area contributed by atoms with E-state index in [1.54, 1.807) is 56.4 Å². The molecular formula is C26H29N3O5. The molecule has 8 nitrogen and oxygen atoms in total. The van der Waals surface area contributed by atoms with Crippen molar-refractivity contribution in [3.05, 3.63) is 65.8 Å². The Hall–Kier alpha value is -3.81. The molecule has 3 N–H and O–H groups in total. The van der Waals surface area contributed by atoms with Crippen molar-refractivity contribution < 1.29 is 23.2 Å². The largest absolute Gasteiger partial charge is 0.459 e. The summed E-state index contributed by atoms with van der Waals surface area (Å²) < 4.78 is 11.0. The maximum absolute atomic E-state index is 12.8. The Morgan fingerprint density at radius 3 is 2.32 bits per heavy atom. The van der Waals surface area contributed by atoms with Crippen LogP contribution in [0, 0.1) is 12.8 Å². The Morgan fingerprint density at radius 2 is 1.68 bits per heavy atom. The van der Waals surface area contributed by atoms with Crippen LogP contribution in [0.2, 0.25) is 0 Å². The molecule has 3 aromatic rings. The molecule has 0 saturated heterocycles. The Bertz CT molecular complexity index is 1160. The number of hydrogen-bond acceptors (Lipinski definition) is 5. The number of rotatable bonds is 7. The highest BCUT2D eigenvalue weighted by atomic mass is 16.4. The molecule has 1 fully saturated rings. The first-order chi connectivity index (χ1) is 16.5. The summed E-state index contributed by atoms with van der Waals surface area (Å²) in [6.07, 6.45) is 6.61. The summed E-state index contributed by atoms with van der Waals surface area (Å²) >= 11 is 0. The SMILES string of the molecule is CNC(=O)C(NC(=O)c1ccc(-c2ccc(NC(=O)c3occc3C)cc2)o1)C1CCCCC1. The first-order valence-electron chi connectivity index (χ1n) is 11.5. The second-order valence-electron chi connectivity index (χ2n) is 8.59. The average molecular weight is 464 g/mol. The molecule has 2 heterocycles. The molecule has 1 aromatic carbocycles. The monoisotopic (exact) mass is 463 g/mol. The minimum absolute atomic E-state index is 0.125. The maximum Gasteiger partial charge on any atom is 0.291 e. The third-order valence-electron chi connectivity index (χ3n) is 6.26. The minimum Gasteiger partial charge on any atom is -0.459 e. The van der Waals surface area contributed by atoms with E-state index in [-0.39, 0.29) is 29.3 Å². The predicted molar refractivity (Wildman–Crippen MR) is 127 cm³/mol. The second kappa shape index (κ2) is 10.4. The number of benzene rings is 1. The van der Waals surface area contributed by atoms with E-state index in [1.807, 2.05) is 0 Å². The van der Waals surface area contributed by atoms with E-state index in [0.29, 0.717) is 11.4 Å². The number of anilines is 1. The Labute approximate surface area is 198 Å². The maximum atomic E-state index is 12.8. The quantitative estimate of drug-likeness (QED) is 0.477. The van der Waals surface area contributed by atoms with Gasteiger partial charge in [-0.15, -0.1) is 0 Å². The third-order valence-corrected chi connectivity index (χ3v) is 6.26. The van der Waals surface area contributed by atoms with E-state index in [2.05, 4.69) is 16.0 Å². The van der Waals surface area contributed by atoms with E-state index in [4.69, 9.17) is 8.83 Å². The van der Waals surface area contributed by atoms with Gasteiger partial charge in [-0.05, 0) is 68.1 Å². The first-order valence-corrected chi connectivity index (χ1v) is 11.5. The number of carbonyl (C=O) groups is 3. The molecule has 178 valence electrons. The number of amides is 3. The third kappa shape index (κ3) is 5.22. The molecule has 1 unspecified atom stereocenters. The number of carbonyl (C=O) groups excluding carboxylic acids is 3. The molecule has 1 aliphatic carbocycles. The molecule has 1 saturated carbocycles. The summed E-state index contributed by atoms with van der Waals surface area (Å²) in [7, 11) is 1.58. The predicted octanol–water partition coefficient (Wildman–Crippen LogP) is 4.53. The van der Waals surface area contributed by atoms with Gasteiger partial charge in [0.15, 0.2) is 11.5 Å². The van der Waals surface area contributed by atoms with Crippen molar-refractivity contribution in [1.29, 1.82) is 0 Å². The standard InChI is InChI=1S/C26H29N3O5/c1-16-14-15-33-23(16)26(32)28-19-10-8-17(9-11-19)20-12-13-21(34-20)24(30)29-22(25(31)27-2)18-6-4-3-5-7-18/h8-15,18,22H,3-7H2,1-2H3,(H,27,31)(H,28,32)(H,29,30). The zero-order valence-electron chi connectivity index (χ0n) is 19.4. The highest BCUT2D eigenvalue weighted by molar-refractivity contribution is 6.03. The van der Waals surface area contributed by atoms with Crippen LogP contribution in [-0.2, 0) is 4.79 Å². The normalized spacial score (nSPS) is 14.9. The summed E-state index contributed by atoms with van der Waals surface area (Å²) in [4.78, 5) is 37.6. The van der Waals surface area contributed by atoms with Gasteiger partial charge in [-0.25, -0.2) is 0 Å². The van der Waals surface area contributed by atoms with Gasteiger partial charge >= 0.3 is 0 Å². The Balaban J connectivity index is 1.41. The molecule has 1 aliphatic rings. The van der Waals surface area contributed by atoms with Gasteiger partial charge in [-0.1, -0.05) is 19.3 Å². The molecule has 0 bridgehead atoms. The van der Waals surface area contributed by atoms with Crippen LogP contribution in [0.15, 0.2) is 57.6 Å². The molecule has 0 spiro atoms. The van der Waals surface area contributed by atoms with Crippen molar-refractivity contribution in [2.75, 3.05) is 12.4 Å². The smallest absolute Gasteiger partial charge is 0.291 e. The number of aryl methyl sites for hydroxylation is 1. The van der Waals surface area contributed by atoms with Gasteiger partial charge in [0, 0.05) is 23.9 Å². The number of likely N-dealkylation sites (N-methyl/N-ethyl adjacent to an activating group) is 1. The fourth-order valence-corrected chi connectivity index (χ4v) is 4.36. The number of hydrogen-bond donors (Lipinski definition) is 3. The molecule has 1 atom stereocenters. The van der Waals surface area contributed by atoms with Crippen LogP contribution < -0.4 is 16.0 Å². The van der Waals surface area contributed by atoms with E-state index < -0.39 is 11.9 Å². The van der Waals surface area contributed by atoms with Crippen molar-refractivity contribution in [2.45, 2.75) is 45.1 Å². The molecule has 3 amide bonds. The molecular weight excluding hydrogens is 434 g/mol. The number of nitrogens with one attached hydrogen (secondary N) is 3. The fourth-order valence-electron chi connectivity index (χ4n) is 4.36. The van der Waals surface area contributed by atoms with Gasteiger partial charge in [0.25, 0.3) is 11.8 Å². The molecule has 2 aromatic heterocycles. The van der Waals surface area contributed by atoms with Crippen molar-refractivity contribution in [3.8, 4) is 11.3 Å². The second-order valence-corrected chi connectivity index (χ2v) is 8.59. The van der Waals surface area contributed by atoms with E-state index in [0.717, 1.165) is 43.2 Å². The summed E-state index contributed by atoms with van der Waals surface area (Å²) in [5, 5.41) is 8.32. The van der Waals surface area contributed by atoms with Crippen molar-refractivity contribution >= 4 is 23.4 Å². The van der Waals surface area contributed by atoms with Crippen LogP contribution in [0.3, 0.4) is 0 Å². The van der Waals surface area contributed by atoms with E-state index >= 15 is 0 Å². The van der Waals surface area contributed by atoms with E-state index in [9.17, 15) is 14.4 Å². The minimum atomic E-state index is -0.577. The van der Waals surface area contributed by atoms with Crippen LogP contribution in [0.5, 0.6) is 0 Å². The zero-order valence-corrected chi connectivity index (χ0v) is 19.4. The van der Waals surface area contributed by atoms with Crippen LogP contribution in [-0.4, -0.2) is 30.8 Å². The lowest BCUT2D eigenvalue weighted by Crippen LogP contribution is -2.50. The van der Waals surface area contributed by atoms with Crippen LogP contribution >= 0.6 is 0 Å². The van der Waals surface area contributed by atoms with Gasteiger partial charge in [0.2, 0.25) is 5.91 Å². The molecule has 0 radical (unpaired) electrons. The van der Waals surface area contributed by atoms with Gasteiger partial charge in [0.1, 0.15) is 11.8 Å². The lowest BCUT2D eigenvalue weighted by molar-refractivity contribution is -0.124. The van der Waals surface area contributed by atoms with Gasteiger partial charge in [-0.2, -0.15) is 0 Å². The summed E-state index contributed by atoms with van der Waals surface area (Å²) in [5.41, 5.74) is 2.12. The summed E-state index contributed by atoms with van der Waals surface area (Å²) in [6, 6.07) is 11.5. The molecule has 34 heavy (non-hydrogen) atoms. The van der Waals surface area contributed by atoms with Crippen LogP contribution in [0.25, 0.3) is 11.3 Å². The zero-order chi connectivity index (χ0) is 24.1. The van der Waals surface area contributed by atoms with Gasteiger partial charge in [0.05, 0.1) is 6.26 Å². The lowest BCUT2D eigenvalue weighted by Gasteiger charge is -2.29. The van der Waals surface area contributed by atoms with E-state index in [1.165, 1.54) is 6.26 Å². The summed E-state index contributed by atoms with van der Waals surface area (Å²) in [6.45, 7) is 1.80. The molecule has 4 rings (SSSR count). The first kappa shape index (κ1) is 23.4. The fraction of sp³-hybridized carbons (Fsp3) is 0.346. The van der Waals surface area contributed by atoms with Crippen LogP contribution in [0.4, 0.5) is 5.69 Å². The van der Waals surface area contributed by atoms with Gasteiger partial charge in [-0.3, -0.25) is 14.4 Å². The number of furan rings is 2. The summed E-state index contributed by atoms with van der Waals surface area (Å²) in [5.74, 6) is 0.131. The Kier molecular flexibility index (Phi) is 7.15. The van der Waals surface area contributed by atoms with Crippen molar-refractivity contribution in [1.82, 2.24) is 10.6 Å².